The van der Waals surface area contributed by atoms with E-state index in [1.165, 1.54) is 6.92 Å². The molecule has 0 aliphatic carbocycles. The lowest BCUT2D eigenvalue weighted by Crippen LogP contribution is -2.51. The second kappa shape index (κ2) is 9.03. The zero-order valence-corrected chi connectivity index (χ0v) is 16.5. The molecule has 1 atom stereocenters. The maximum atomic E-state index is 12.2. The molecule has 0 saturated carbocycles. The molecule has 28 heavy (non-hydrogen) atoms. The van der Waals surface area contributed by atoms with Gasteiger partial charge < -0.3 is 10.6 Å². The van der Waals surface area contributed by atoms with Crippen LogP contribution in [0.4, 0.5) is 10.5 Å². The third-order valence-electron chi connectivity index (χ3n) is 4.08. The van der Waals surface area contributed by atoms with Crippen molar-refractivity contribution in [2.24, 2.45) is 0 Å². The lowest BCUT2D eigenvalue weighted by molar-refractivity contribution is -0.123. The number of amides is 4. The van der Waals surface area contributed by atoms with E-state index in [9.17, 15) is 14.4 Å². The smallest absolute Gasteiger partial charge is 0.319 e. The van der Waals surface area contributed by atoms with Crippen molar-refractivity contribution >= 4 is 23.5 Å². The normalized spacial score (nSPS) is 11.9. The van der Waals surface area contributed by atoms with E-state index in [1.807, 2.05) is 18.2 Å². The van der Waals surface area contributed by atoms with Gasteiger partial charge in [-0.3, -0.25) is 20.4 Å². The van der Waals surface area contributed by atoms with E-state index < -0.39 is 23.9 Å². The summed E-state index contributed by atoms with van der Waals surface area (Å²) in [6.07, 6.45) is 0. The van der Waals surface area contributed by atoms with Crippen molar-refractivity contribution in [2.75, 3.05) is 5.32 Å². The zero-order valence-electron chi connectivity index (χ0n) is 16.5. The Kier molecular flexibility index (Phi) is 6.76. The third-order valence-corrected chi connectivity index (χ3v) is 4.08. The Morgan fingerprint density at radius 1 is 0.857 bits per heavy atom. The molecular weight excluding hydrogens is 356 g/mol. The molecule has 7 heteroatoms. The Morgan fingerprint density at radius 3 is 2.04 bits per heavy atom. The highest BCUT2D eigenvalue weighted by atomic mass is 16.2. The van der Waals surface area contributed by atoms with Crippen molar-refractivity contribution in [1.82, 2.24) is 16.2 Å². The number of anilines is 1. The first-order chi connectivity index (χ1) is 13.2. The largest absolute Gasteiger partial charge is 0.326 e. The molecule has 0 spiro atoms. The molecular formula is C21H26N4O3. The summed E-state index contributed by atoms with van der Waals surface area (Å²) in [6.45, 7) is 7.78. The number of hydrogen-bond donors (Lipinski definition) is 4. The second-order valence-electron chi connectivity index (χ2n) is 7.46. The third kappa shape index (κ3) is 6.12. The van der Waals surface area contributed by atoms with Gasteiger partial charge in [-0.15, -0.1) is 0 Å². The van der Waals surface area contributed by atoms with Crippen molar-refractivity contribution in [3.8, 4) is 0 Å². The highest BCUT2D eigenvalue weighted by Gasteiger charge is 2.17. The molecule has 0 aromatic heterocycles. The van der Waals surface area contributed by atoms with E-state index in [1.54, 1.807) is 36.4 Å². The quantitative estimate of drug-likeness (QED) is 0.612. The van der Waals surface area contributed by atoms with Gasteiger partial charge in [0.15, 0.2) is 0 Å². The Balaban J connectivity index is 1.82. The second-order valence-corrected chi connectivity index (χ2v) is 7.46. The van der Waals surface area contributed by atoms with Crippen molar-refractivity contribution in [2.45, 2.75) is 39.2 Å². The number of nitrogens with one attached hydrogen (secondary N) is 4. The number of para-hydroxylation sites is 1. The van der Waals surface area contributed by atoms with Crippen LogP contribution in [-0.4, -0.2) is 23.9 Å². The van der Waals surface area contributed by atoms with E-state index >= 15 is 0 Å². The number of carbonyl (C=O) groups is 3. The lowest BCUT2D eigenvalue weighted by Gasteiger charge is -2.19. The summed E-state index contributed by atoms with van der Waals surface area (Å²) in [7, 11) is 0. The van der Waals surface area contributed by atoms with E-state index in [4.69, 9.17) is 0 Å². The molecule has 2 aromatic carbocycles. The number of benzene rings is 2. The molecule has 7 nitrogen and oxygen atoms in total. The number of hydrogen-bond acceptors (Lipinski definition) is 3. The molecule has 0 bridgehead atoms. The molecule has 0 fully saturated rings. The van der Waals surface area contributed by atoms with Gasteiger partial charge in [0.1, 0.15) is 6.04 Å². The summed E-state index contributed by atoms with van der Waals surface area (Å²) < 4.78 is 0. The number of carbonyl (C=O) groups excluding carboxylic acids is 3. The Morgan fingerprint density at radius 2 is 1.46 bits per heavy atom. The molecule has 0 aliphatic heterocycles. The van der Waals surface area contributed by atoms with Gasteiger partial charge in [-0.1, -0.05) is 51.1 Å². The number of urea groups is 1. The minimum atomic E-state index is -0.840. The fourth-order valence-electron chi connectivity index (χ4n) is 2.37. The average molecular weight is 382 g/mol. The fraction of sp³-hybridized carbons (Fsp3) is 0.286. The van der Waals surface area contributed by atoms with Gasteiger partial charge in [-0.25, -0.2) is 4.79 Å². The molecule has 0 aliphatic rings. The van der Waals surface area contributed by atoms with Gasteiger partial charge in [-0.05, 0) is 42.2 Å². The van der Waals surface area contributed by atoms with Gasteiger partial charge in [0.2, 0.25) is 0 Å². The van der Waals surface area contributed by atoms with Gasteiger partial charge >= 0.3 is 6.03 Å². The molecule has 2 rings (SSSR count). The van der Waals surface area contributed by atoms with E-state index in [2.05, 4.69) is 42.3 Å². The first-order valence-electron chi connectivity index (χ1n) is 9.00. The fourth-order valence-corrected chi connectivity index (χ4v) is 2.37. The zero-order chi connectivity index (χ0) is 20.7. The summed E-state index contributed by atoms with van der Waals surface area (Å²) in [6, 6.07) is 14.7. The first-order valence-corrected chi connectivity index (χ1v) is 9.00. The predicted molar refractivity (Wildman–Crippen MR) is 109 cm³/mol. The molecule has 148 valence electrons. The lowest BCUT2D eigenvalue weighted by atomic mass is 9.87. The van der Waals surface area contributed by atoms with Crippen LogP contribution in [0.3, 0.4) is 0 Å². The van der Waals surface area contributed by atoms with Crippen LogP contribution in [0.25, 0.3) is 0 Å². The average Bonchev–Trinajstić information content (AvgIpc) is 2.65. The van der Waals surface area contributed by atoms with Crippen LogP contribution in [0.15, 0.2) is 54.6 Å². The van der Waals surface area contributed by atoms with E-state index in [0.717, 1.165) is 5.56 Å². The van der Waals surface area contributed by atoms with Crippen molar-refractivity contribution in [3.05, 3.63) is 65.7 Å². The minimum Gasteiger partial charge on any atom is -0.326 e. The molecule has 0 radical (unpaired) electrons. The first kappa shape index (κ1) is 21.0. The topological polar surface area (TPSA) is 99.3 Å². The van der Waals surface area contributed by atoms with Gasteiger partial charge in [-0.2, -0.15) is 0 Å². The summed E-state index contributed by atoms with van der Waals surface area (Å²) in [5.41, 5.74) is 6.80. The molecule has 1 unspecified atom stereocenters. The van der Waals surface area contributed by atoms with E-state index in [-0.39, 0.29) is 5.41 Å². The molecule has 2 aromatic rings. The van der Waals surface area contributed by atoms with E-state index in [0.29, 0.717) is 11.3 Å². The number of hydrazine groups is 1. The summed E-state index contributed by atoms with van der Waals surface area (Å²) in [5, 5.41) is 5.12. The summed E-state index contributed by atoms with van der Waals surface area (Å²) >= 11 is 0. The molecule has 4 N–H and O–H groups in total. The van der Waals surface area contributed by atoms with Crippen molar-refractivity contribution in [1.29, 1.82) is 0 Å². The SMILES string of the molecule is CC(NC(=O)Nc1ccccc1)C(=O)NNC(=O)c1ccc(C(C)(C)C)cc1. The van der Waals surface area contributed by atoms with Crippen LogP contribution in [0.1, 0.15) is 43.6 Å². The minimum absolute atomic E-state index is 0.00928. The Bertz CT molecular complexity index is 827. The van der Waals surface area contributed by atoms with Crippen LogP contribution in [0.2, 0.25) is 0 Å². The molecule has 4 amide bonds. The molecule has 0 heterocycles. The van der Waals surface area contributed by atoms with Crippen LogP contribution in [0, 0.1) is 0 Å². The standard InChI is InChI=1S/C21H26N4O3/c1-14(22-20(28)23-17-8-6-5-7-9-17)18(26)24-25-19(27)15-10-12-16(13-11-15)21(2,3)4/h5-14H,1-4H3,(H,24,26)(H,25,27)(H2,22,23,28). The van der Waals surface area contributed by atoms with Crippen LogP contribution < -0.4 is 21.5 Å². The van der Waals surface area contributed by atoms with Crippen molar-refractivity contribution < 1.29 is 14.4 Å². The van der Waals surface area contributed by atoms with Gasteiger partial charge in [0.05, 0.1) is 0 Å². The Labute approximate surface area is 164 Å². The maximum absolute atomic E-state index is 12.2. The highest BCUT2D eigenvalue weighted by Crippen LogP contribution is 2.22. The van der Waals surface area contributed by atoms with Crippen molar-refractivity contribution in [3.63, 3.8) is 0 Å². The summed E-state index contributed by atoms with van der Waals surface area (Å²) in [5.74, 6) is -0.974. The molecule has 0 saturated heterocycles. The van der Waals surface area contributed by atoms with Crippen LogP contribution >= 0.6 is 0 Å². The predicted octanol–water partition coefficient (Wildman–Crippen LogP) is 2.96. The number of rotatable bonds is 4. The van der Waals surface area contributed by atoms with Gasteiger partial charge in [0.25, 0.3) is 11.8 Å². The monoisotopic (exact) mass is 382 g/mol. The maximum Gasteiger partial charge on any atom is 0.319 e. The summed E-state index contributed by atoms with van der Waals surface area (Å²) in [4.78, 5) is 36.2. The highest BCUT2D eigenvalue weighted by molar-refractivity contribution is 5.97. The Hall–Kier alpha value is -3.35. The van der Waals surface area contributed by atoms with Gasteiger partial charge in [0, 0.05) is 11.3 Å². The van der Waals surface area contributed by atoms with Crippen LogP contribution in [0.5, 0.6) is 0 Å². The van der Waals surface area contributed by atoms with Crippen LogP contribution in [-0.2, 0) is 10.2 Å².